The van der Waals surface area contributed by atoms with Gasteiger partial charge in [0.1, 0.15) is 0 Å². The molecule has 0 radical (unpaired) electrons. The Morgan fingerprint density at radius 3 is 1.05 bits per heavy atom. The van der Waals surface area contributed by atoms with Crippen molar-refractivity contribution in [2.45, 2.75) is 29.6 Å². The van der Waals surface area contributed by atoms with E-state index >= 15 is 0 Å². The van der Waals surface area contributed by atoms with Gasteiger partial charge in [-0.2, -0.15) is 0 Å². The fourth-order valence-electron chi connectivity index (χ4n) is 2.15. The van der Waals surface area contributed by atoms with Gasteiger partial charge in [-0.1, -0.05) is 0 Å². The number of benzene rings is 2. The van der Waals surface area contributed by atoms with Crippen LogP contribution in [0.15, 0.2) is 48.5 Å². The molecule has 112 valence electrons. The van der Waals surface area contributed by atoms with Crippen LogP contribution in [-0.4, -0.2) is 36.8 Å². The molecule has 0 amide bonds. The Bertz CT molecular complexity index is 532. The molecule has 0 bridgehead atoms. The molecule has 0 nitrogen and oxygen atoms in total. The number of hydrogen-bond donors (Lipinski definition) is 0. The molecule has 0 saturated carbocycles. The summed E-state index contributed by atoms with van der Waals surface area (Å²) in [5, 5.41) is 0. The fraction of sp³-hybridized carbons (Fsp3) is 0.333. The zero-order valence-electron chi connectivity index (χ0n) is 14.0. The van der Waals surface area contributed by atoms with E-state index in [-0.39, 0.29) is 21.2 Å². The molecule has 0 aromatic heterocycles. The van der Waals surface area contributed by atoms with Crippen LogP contribution in [0.25, 0.3) is 0 Å². The Hall–Kier alpha value is 0.767. The summed E-state index contributed by atoms with van der Waals surface area (Å²) in [7, 11) is 0. The predicted octanol–water partition coefficient (Wildman–Crippen LogP) is 0.905. The van der Waals surface area contributed by atoms with Gasteiger partial charge in [0, 0.05) is 0 Å². The first-order valence-electron chi connectivity index (χ1n) is 7.52. The van der Waals surface area contributed by atoms with E-state index in [9.17, 15) is 0 Å². The van der Waals surface area contributed by atoms with Crippen molar-refractivity contribution >= 4 is 43.9 Å². The second-order valence-electron chi connectivity index (χ2n) is 7.61. The first-order valence-corrected chi connectivity index (χ1v) is 29.7. The van der Waals surface area contributed by atoms with E-state index < -0.39 is 36.8 Å². The molecular weight excluding hydrogens is 581 g/mol. The second kappa shape index (κ2) is 7.12. The van der Waals surface area contributed by atoms with E-state index in [0.717, 1.165) is 0 Å². The Labute approximate surface area is 148 Å². The Balaban J connectivity index is 2.12. The van der Waals surface area contributed by atoms with Crippen molar-refractivity contribution < 1.29 is 21.2 Å². The topological polar surface area (TPSA) is 0 Å². The van der Waals surface area contributed by atoms with Gasteiger partial charge in [-0.3, -0.25) is 0 Å². The van der Waals surface area contributed by atoms with Crippen LogP contribution < -0.4 is 28.4 Å². The molecule has 3 heteroatoms. The van der Waals surface area contributed by atoms with E-state index in [0.29, 0.717) is 0 Å². The first kappa shape index (κ1) is 18.1. The summed E-state index contributed by atoms with van der Waals surface area (Å²) >= 11 is -3.78. The molecule has 21 heavy (non-hydrogen) atoms. The van der Waals surface area contributed by atoms with E-state index in [4.69, 9.17) is 0 Å². The Morgan fingerprint density at radius 1 is 0.524 bits per heavy atom. The molecule has 0 fully saturated rings. The number of hydrogen-bond acceptors (Lipinski definition) is 0. The monoisotopic (exact) mass is 609 g/mol. The van der Waals surface area contributed by atoms with Crippen molar-refractivity contribution in [2.75, 3.05) is 0 Å². The molecule has 2 rings (SSSR count). The van der Waals surface area contributed by atoms with Crippen molar-refractivity contribution in [1.29, 1.82) is 0 Å². The summed E-state index contributed by atoms with van der Waals surface area (Å²) in [4.78, 5) is 14.9. The minimum atomic E-state index is -1.88. The van der Waals surface area contributed by atoms with Crippen LogP contribution in [0.3, 0.4) is 0 Å². The van der Waals surface area contributed by atoms with Crippen LogP contribution >= 0.6 is 0 Å². The molecule has 0 aliphatic carbocycles. The molecule has 0 unspecified atom stereocenters. The molecule has 0 saturated heterocycles. The van der Waals surface area contributed by atoms with E-state index in [2.05, 4.69) is 78.2 Å². The van der Waals surface area contributed by atoms with Gasteiger partial charge < -0.3 is 0 Å². The summed E-state index contributed by atoms with van der Waals surface area (Å²) in [5.74, 6) is 0. The molecule has 0 atom stereocenters. The van der Waals surface area contributed by atoms with Crippen molar-refractivity contribution in [3.05, 3.63) is 55.7 Å². The fourth-order valence-corrected chi connectivity index (χ4v) is 11.0. The van der Waals surface area contributed by atoms with Gasteiger partial charge in [-0.05, 0) is 0 Å². The molecule has 0 aliphatic heterocycles. The summed E-state index contributed by atoms with van der Waals surface area (Å²) in [6, 6.07) is 19.1. The third-order valence-corrected chi connectivity index (χ3v) is 18.1. The zero-order chi connectivity index (χ0) is 15.7. The van der Waals surface area contributed by atoms with Crippen LogP contribution in [0.4, 0.5) is 0 Å². The standard InChI is InChI=1S/C12H8I.6CH3.2Sn/c1-3-7-11(8-4-1)13-12-9-5-2-6-10-12;;;;;;;;/h3-10H;6*1H3;;/q+1;;;;;;;;. The summed E-state index contributed by atoms with van der Waals surface area (Å²) in [5.41, 5.74) is 0. The number of halogens is 1. The summed E-state index contributed by atoms with van der Waals surface area (Å²) < 4.78 is 6.35. The van der Waals surface area contributed by atoms with Gasteiger partial charge in [-0.15, -0.1) is 0 Å². The predicted molar refractivity (Wildman–Crippen MR) is 96.2 cm³/mol. The van der Waals surface area contributed by atoms with E-state index in [1.54, 1.807) is 14.3 Å². The van der Waals surface area contributed by atoms with Crippen LogP contribution in [0, 0.1) is 7.14 Å². The maximum atomic E-state index is 2.48. The minimum absolute atomic E-state index is 0.0236. The van der Waals surface area contributed by atoms with E-state index in [1.807, 2.05) is 0 Å². The molecule has 0 heterocycles. The van der Waals surface area contributed by atoms with Gasteiger partial charge in [0.15, 0.2) is 0 Å². The molecule has 0 aliphatic rings. The Kier molecular flexibility index (Phi) is 6.14. The van der Waals surface area contributed by atoms with Gasteiger partial charge in [0.2, 0.25) is 0 Å². The van der Waals surface area contributed by atoms with Crippen LogP contribution in [-0.2, 0) is 0 Å². The molecule has 0 spiro atoms. The molecule has 2 aromatic carbocycles. The third-order valence-electron chi connectivity index (χ3n) is 3.64. The SMILES string of the molecule is [CH3][Sn]([CH3])([CH3])[c]1ccc([I+]c2cc[c]([Sn]([CH3])([CH3])[CH3])cc2)cc1. The van der Waals surface area contributed by atoms with Crippen molar-refractivity contribution in [3.8, 4) is 0 Å². The zero-order valence-corrected chi connectivity index (χ0v) is 21.9. The van der Waals surface area contributed by atoms with Crippen LogP contribution in [0.5, 0.6) is 0 Å². The van der Waals surface area contributed by atoms with Crippen molar-refractivity contribution in [2.24, 2.45) is 0 Å². The average Bonchev–Trinajstić information content (AvgIpc) is 2.38. The molecular formula is C18H26ISn2+. The van der Waals surface area contributed by atoms with Crippen molar-refractivity contribution in [3.63, 3.8) is 0 Å². The summed E-state index contributed by atoms with van der Waals surface area (Å²) in [6.45, 7) is 0. The van der Waals surface area contributed by atoms with Crippen LogP contribution in [0.1, 0.15) is 0 Å². The first-order chi connectivity index (χ1) is 9.66. The quantitative estimate of drug-likeness (QED) is 0.359. The van der Waals surface area contributed by atoms with Gasteiger partial charge in [-0.25, -0.2) is 0 Å². The molecule has 0 N–H and O–H groups in total. The number of rotatable bonds is 4. The third kappa shape index (κ3) is 5.41. The van der Waals surface area contributed by atoms with Gasteiger partial charge in [0.05, 0.1) is 0 Å². The summed E-state index contributed by atoms with van der Waals surface area (Å²) in [6.07, 6.45) is 0. The average molecular weight is 607 g/mol. The Morgan fingerprint density at radius 2 is 0.810 bits per heavy atom. The van der Waals surface area contributed by atoms with E-state index in [1.165, 1.54) is 0 Å². The van der Waals surface area contributed by atoms with Gasteiger partial charge in [0.25, 0.3) is 0 Å². The van der Waals surface area contributed by atoms with Gasteiger partial charge >= 0.3 is 150 Å². The van der Waals surface area contributed by atoms with Crippen molar-refractivity contribution in [1.82, 2.24) is 0 Å². The second-order valence-corrected chi connectivity index (χ2v) is 39.6. The maximum absolute atomic E-state index is 2.48. The van der Waals surface area contributed by atoms with Crippen LogP contribution in [0.2, 0.25) is 29.6 Å². The molecule has 2 aromatic rings. The normalized spacial score (nSPS) is 12.5.